The molecule has 1 fully saturated rings. The van der Waals surface area contributed by atoms with Crippen LogP contribution in [0.25, 0.3) is 0 Å². The Morgan fingerprint density at radius 2 is 2.24 bits per heavy atom. The minimum Gasteiger partial charge on any atom is -0.357 e. The molecular formula is C10H11BrN4O2. The van der Waals surface area contributed by atoms with Crippen LogP contribution in [0.5, 0.6) is 0 Å². The van der Waals surface area contributed by atoms with E-state index >= 15 is 0 Å². The number of anilines is 1. The van der Waals surface area contributed by atoms with E-state index < -0.39 is 6.04 Å². The SMILES string of the molecule is O=C1CCC(Nc2ccc(CBr)nn2)C(=O)N1. The summed E-state index contributed by atoms with van der Waals surface area (Å²) in [4.78, 5) is 22.4. The van der Waals surface area contributed by atoms with Crippen molar-refractivity contribution in [2.75, 3.05) is 5.32 Å². The second kappa shape index (κ2) is 5.22. The molecule has 0 saturated carbocycles. The molecule has 0 spiro atoms. The number of hydrogen-bond acceptors (Lipinski definition) is 5. The van der Waals surface area contributed by atoms with Crippen molar-refractivity contribution in [2.45, 2.75) is 24.2 Å². The first-order valence-corrected chi connectivity index (χ1v) is 6.30. The van der Waals surface area contributed by atoms with Gasteiger partial charge in [0.05, 0.1) is 5.69 Å². The van der Waals surface area contributed by atoms with E-state index in [0.717, 1.165) is 5.69 Å². The highest BCUT2D eigenvalue weighted by molar-refractivity contribution is 9.08. The molecular weight excluding hydrogens is 288 g/mol. The number of carbonyl (C=O) groups is 2. The van der Waals surface area contributed by atoms with Crippen LogP contribution in [0.15, 0.2) is 12.1 Å². The van der Waals surface area contributed by atoms with Crippen molar-refractivity contribution in [1.29, 1.82) is 0 Å². The lowest BCUT2D eigenvalue weighted by molar-refractivity contribution is -0.133. The van der Waals surface area contributed by atoms with Gasteiger partial charge in [-0.15, -0.1) is 5.10 Å². The van der Waals surface area contributed by atoms with Crippen LogP contribution in [-0.4, -0.2) is 28.1 Å². The van der Waals surface area contributed by atoms with E-state index in [0.29, 0.717) is 24.0 Å². The summed E-state index contributed by atoms with van der Waals surface area (Å²) in [7, 11) is 0. The summed E-state index contributed by atoms with van der Waals surface area (Å²) in [5, 5.41) is 13.7. The van der Waals surface area contributed by atoms with Crippen LogP contribution < -0.4 is 10.6 Å². The molecule has 1 aromatic heterocycles. The van der Waals surface area contributed by atoms with Crippen molar-refractivity contribution in [1.82, 2.24) is 15.5 Å². The number of nitrogens with one attached hydrogen (secondary N) is 2. The van der Waals surface area contributed by atoms with Crippen LogP contribution in [0.1, 0.15) is 18.5 Å². The van der Waals surface area contributed by atoms with E-state index in [4.69, 9.17) is 0 Å². The van der Waals surface area contributed by atoms with E-state index in [9.17, 15) is 9.59 Å². The maximum Gasteiger partial charge on any atom is 0.249 e. The van der Waals surface area contributed by atoms with E-state index in [1.54, 1.807) is 6.07 Å². The maximum absolute atomic E-state index is 11.5. The number of amides is 2. The molecule has 1 aliphatic rings. The summed E-state index contributed by atoms with van der Waals surface area (Å²) in [6.07, 6.45) is 0.822. The standard InChI is InChI=1S/C10H11BrN4O2/c11-5-6-1-3-8(15-14-6)12-7-2-4-9(16)13-10(7)17/h1,3,7H,2,4-5H2,(H,12,15)(H,13,16,17). The molecule has 0 bridgehead atoms. The second-order valence-electron chi connectivity index (χ2n) is 3.69. The number of hydrogen-bond donors (Lipinski definition) is 2. The van der Waals surface area contributed by atoms with Crippen molar-refractivity contribution < 1.29 is 9.59 Å². The first-order chi connectivity index (χ1) is 8.19. The molecule has 0 radical (unpaired) electrons. The lowest BCUT2D eigenvalue weighted by Crippen LogP contribution is -2.47. The highest BCUT2D eigenvalue weighted by Crippen LogP contribution is 2.11. The van der Waals surface area contributed by atoms with E-state index in [-0.39, 0.29) is 11.8 Å². The van der Waals surface area contributed by atoms with Gasteiger partial charge in [-0.1, -0.05) is 15.9 Å². The summed E-state index contributed by atoms with van der Waals surface area (Å²) >= 11 is 3.27. The molecule has 6 nitrogen and oxygen atoms in total. The van der Waals surface area contributed by atoms with Crippen LogP contribution in [0.2, 0.25) is 0 Å². The van der Waals surface area contributed by atoms with Gasteiger partial charge in [-0.3, -0.25) is 14.9 Å². The summed E-state index contributed by atoms with van der Waals surface area (Å²) in [5.41, 5.74) is 0.818. The summed E-state index contributed by atoms with van der Waals surface area (Å²) in [6, 6.07) is 3.15. The number of carbonyl (C=O) groups excluding carboxylic acids is 2. The van der Waals surface area contributed by atoms with E-state index in [2.05, 4.69) is 36.8 Å². The van der Waals surface area contributed by atoms with Crippen LogP contribution >= 0.6 is 15.9 Å². The van der Waals surface area contributed by atoms with Crippen LogP contribution in [-0.2, 0) is 14.9 Å². The molecule has 2 heterocycles. The highest BCUT2D eigenvalue weighted by Gasteiger charge is 2.26. The van der Waals surface area contributed by atoms with Gasteiger partial charge >= 0.3 is 0 Å². The third-order valence-electron chi connectivity index (χ3n) is 2.42. The summed E-state index contributed by atoms with van der Waals surface area (Å²) in [6.45, 7) is 0. The fourth-order valence-corrected chi connectivity index (χ4v) is 1.82. The van der Waals surface area contributed by atoms with Crippen LogP contribution in [0, 0.1) is 0 Å². The number of halogens is 1. The minimum atomic E-state index is -0.420. The van der Waals surface area contributed by atoms with Crippen LogP contribution in [0.4, 0.5) is 5.82 Å². The largest absolute Gasteiger partial charge is 0.357 e. The molecule has 0 aromatic carbocycles. The Labute approximate surface area is 106 Å². The van der Waals surface area contributed by atoms with E-state index in [1.165, 1.54) is 0 Å². The fourth-order valence-electron chi connectivity index (χ4n) is 1.52. The van der Waals surface area contributed by atoms with Crippen molar-refractivity contribution in [2.24, 2.45) is 0 Å². The van der Waals surface area contributed by atoms with Crippen molar-refractivity contribution >= 4 is 33.6 Å². The lowest BCUT2D eigenvalue weighted by Gasteiger charge is -2.21. The average molecular weight is 299 g/mol. The molecule has 1 aliphatic heterocycles. The monoisotopic (exact) mass is 298 g/mol. The molecule has 2 rings (SSSR count). The average Bonchev–Trinajstić information content (AvgIpc) is 2.34. The minimum absolute atomic E-state index is 0.228. The Hall–Kier alpha value is -1.50. The molecule has 1 saturated heterocycles. The first-order valence-electron chi connectivity index (χ1n) is 5.18. The van der Waals surface area contributed by atoms with Gasteiger partial charge in [-0.2, -0.15) is 5.10 Å². The summed E-state index contributed by atoms with van der Waals surface area (Å²) in [5.74, 6) is -0.00871. The van der Waals surface area contributed by atoms with Gasteiger partial charge in [0.15, 0.2) is 0 Å². The number of aromatic nitrogens is 2. The number of imide groups is 1. The molecule has 7 heteroatoms. The smallest absolute Gasteiger partial charge is 0.249 e. The van der Waals surface area contributed by atoms with E-state index in [1.807, 2.05) is 6.07 Å². The second-order valence-corrected chi connectivity index (χ2v) is 4.25. The van der Waals surface area contributed by atoms with Gasteiger partial charge in [-0.25, -0.2) is 0 Å². The Bertz CT molecular complexity index is 434. The molecule has 90 valence electrons. The topological polar surface area (TPSA) is 84.0 Å². The Morgan fingerprint density at radius 1 is 1.41 bits per heavy atom. The zero-order valence-electron chi connectivity index (χ0n) is 8.94. The van der Waals surface area contributed by atoms with Crippen molar-refractivity contribution in [3.8, 4) is 0 Å². The number of nitrogens with zero attached hydrogens (tertiary/aromatic N) is 2. The number of alkyl halides is 1. The quantitative estimate of drug-likeness (QED) is 0.630. The Balaban J connectivity index is 2.00. The van der Waals surface area contributed by atoms with Gasteiger partial charge in [0.25, 0.3) is 0 Å². The third kappa shape index (κ3) is 3.00. The van der Waals surface area contributed by atoms with Crippen molar-refractivity contribution in [3.63, 3.8) is 0 Å². The van der Waals surface area contributed by atoms with Gasteiger partial charge in [0.2, 0.25) is 11.8 Å². The zero-order valence-corrected chi connectivity index (χ0v) is 10.5. The Kier molecular flexibility index (Phi) is 3.68. The molecule has 2 amide bonds. The molecule has 1 aromatic rings. The summed E-state index contributed by atoms with van der Waals surface area (Å²) < 4.78 is 0. The molecule has 1 unspecified atom stereocenters. The van der Waals surface area contributed by atoms with Gasteiger partial charge in [0, 0.05) is 11.8 Å². The molecule has 17 heavy (non-hydrogen) atoms. The predicted molar refractivity (Wildman–Crippen MR) is 64.5 cm³/mol. The fraction of sp³-hybridized carbons (Fsp3) is 0.400. The molecule has 0 aliphatic carbocycles. The number of piperidine rings is 1. The van der Waals surface area contributed by atoms with Gasteiger partial charge < -0.3 is 5.32 Å². The zero-order chi connectivity index (χ0) is 12.3. The third-order valence-corrected chi connectivity index (χ3v) is 2.99. The molecule has 1 atom stereocenters. The lowest BCUT2D eigenvalue weighted by atomic mass is 10.1. The van der Waals surface area contributed by atoms with Crippen LogP contribution in [0.3, 0.4) is 0 Å². The van der Waals surface area contributed by atoms with Gasteiger partial charge in [0.1, 0.15) is 11.9 Å². The predicted octanol–water partition coefficient (Wildman–Crippen LogP) is 0.589. The molecule has 2 N–H and O–H groups in total. The maximum atomic E-state index is 11.5. The highest BCUT2D eigenvalue weighted by atomic mass is 79.9. The Morgan fingerprint density at radius 3 is 2.82 bits per heavy atom. The normalized spacial score (nSPS) is 19.9. The number of rotatable bonds is 3. The van der Waals surface area contributed by atoms with Crippen molar-refractivity contribution in [3.05, 3.63) is 17.8 Å². The first kappa shape index (κ1) is 12.0. The van der Waals surface area contributed by atoms with Gasteiger partial charge in [-0.05, 0) is 18.6 Å².